The average molecular weight is 265 g/mol. The van der Waals surface area contributed by atoms with Crippen LogP contribution >= 0.6 is 0 Å². The van der Waals surface area contributed by atoms with E-state index in [0.717, 1.165) is 18.4 Å². The van der Waals surface area contributed by atoms with Crippen molar-refractivity contribution in [3.63, 3.8) is 0 Å². The van der Waals surface area contributed by atoms with Gasteiger partial charge in [0.05, 0.1) is 11.9 Å². The van der Waals surface area contributed by atoms with Gasteiger partial charge in [-0.3, -0.25) is 4.79 Å². The summed E-state index contributed by atoms with van der Waals surface area (Å²) >= 11 is 0. The van der Waals surface area contributed by atoms with Crippen molar-refractivity contribution >= 4 is 5.91 Å². The Morgan fingerprint density at radius 1 is 1.47 bits per heavy atom. The number of amides is 1. The molecule has 1 amide bonds. The summed E-state index contributed by atoms with van der Waals surface area (Å²) in [5, 5.41) is 13.3. The first kappa shape index (κ1) is 14.1. The molecule has 1 fully saturated rings. The van der Waals surface area contributed by atoms with Gasteiger partial charge in [0.15, 0.2) is 5.76 Å². The van der Waals surface area contributed by atoms with Gasteiger partial charge in [-0.25, -0.2) is 0 Å². The van der Waals surface area contributed by atoms with E-state index >= 15 is 0 Å². The Kier molecular flexibility index (Phi) is 4.30. The minimum absolute atomic E-state index is 0.251. The molecule has 1 aliphatic carbocycles. The third-order valence-corrected chi connectivity index (χ3v) is 4.16. The van der Waals surface area contributed by atoms with Gasteiger partial charge in [-0.15, -0.1) is 0 Å². The second kappa shape index (κ2) is 5.78. The Morgan fingerprint density at radius 2 is 2.16 bits per heavy atom. The van der Waals surface area contributed by atoms with Gasteiger partial charge in [-0.05, 0) is 38.7 Å². The molecule has 106 valence electrons. The molecule has 0 aromatic carbocycles. The number of hydrogen-bond donors (Lipinski definition) is 2. The summed E-state index contributed by atoms with van der Waals surface area (Å²) in [7, 11) is 0. The maximum Gasteiger partial charge on any atom is 0.287 e. The monoisotopic (exact) mass is 265 g/mol. The van der Waals surface area contributed by atoms with E-state index in [9.17, 15) is 9.90 Å². The van der Waals surface area contributed by atoms with E-state index < -0.39 is 5.60 Å². The van der Waals surface area contributed by atoms with Crippen LogP contribution in [0.5, 0.6) is 0 Å². The van der Waals surface area contributed by atoms with E-state index in [1.807, 2.05) is 13.8 Å². The summed E-state index contributed by atoms with van der Waals surface area (Å²) in [4.78, 5) is 11.9. The molecular formula is C15H23NO3. The van der Waals surface area contributed by atoms with E-state index in [2.05, 4.69) is 5.32 Å². The number of nitrogens with one attached hydrogen (secondary N) is 1. The first-order chi connectivity index (χ1) is 9.00. The van der Waals surface area contributed by atoms with Crippen LogP contribution in [0.2, 0.25) is 0 Å². The van der Waals surface area contributed by atoms with Crippen LogP contribution in [0.25, 0.3) is 0 Å². The highest BCUT2D eigenvalue weighted by atomic mass is 16.3. The summed E-state index contributed by atoms with van der Waals surface area (Å²) in [6.07, 6.45) is 7.19. The molecule has 0 aliphatic heterocycles. The van der Waals surface area contributed by atoms with Crippen LogP contribution in [0.1, 0.15) is 55.1 Å². The molecule has 2 rings (SSSR count). The van der Waals surface area contributed by atoms with Crippen molar-refractivity contribution in [2.75, 3.05) is 6.54 Å². The first-order valence-electron chi connectivity index (χ1n) is 7.05. The lowest BCUT2D eigenvalue weighted by Crippen LogP contribution is -2.46. The molecule has 0 saturated heterocycles. The van der Waals surface area contributed by atoms with E-state index in [-0.39, 0.29) is 18.4 Å². The Balaban J connectivity index is 1.90. The van der Waals surface area contributed by atoms with Crippen molar-refractivity contribution in [1.82, 2.24) is 5.32 Å². The Morgan fingerprint density at radius 3 is 2.74 bits per heavy atom. The minimum Gasteiger partial charge on any atom is -0.459 e. The molecule has 1 saturated carbocycles. The molecule has 4 nitrogen and oxygen atoms in total. The van der Waals surface area contributed by atoms with Gasteiger partial charge >= 0.3 is 0 Å². The molecule has 1 aliphatic rings. The van der Waals surface area contributed by atoms with Gasteiger partial charge in [0.1, 0.15) is 0 Å². The number of hydrogen-bond acceptors (Lipinski definition) is 3. The highest BCUT2D eigenvalue weighted by Crippen LogP contribution is 2.32. The van der Waals surface area contributed by atoms with E-state index in [1.54, 1.807) is 6.07 Å². The second-order valence-corrected chi connectivity index (χ2v) is 5.81. The maximum atomic E-state index is 11.9. The minimum atomic E-state index is -0.837. The first-order valence-corrected chi connectivity index (χ1v) is 7.05. The van der Waals surface area contributed by atoms with E-state index in [4.69, 9.17) is 4.42 Å². The molecule has 1 aromatic rings. The van der Waals surface area contributed by atoms with Gasteiger partial charge in [0.2, 0.25) is 0 Å². The lowest BCUT2D eigenvalue weighted by atomic mass is 9.78. The van der Waals surface area contributed by atoms with Crippen LogP contribution in [-0.4, -0.2) is 23.2 Å². The Labute approximate surface area is 114 Å². The molecule has 1 unspecified atom stereocenters. The number of carbonyl (C=O) groups is 1. The van der Waals surface area contributed by atoms with Crippen molar-refractivity contribution < 1.29 is 14.3 Å². The maximum absolute atomic E-state index is 11.9. The summed E-state index contributed by atoms with van der Waals surface area (Å²) in [6, 6.07) is 1.76. The van der Waals surface area contributed by atoms with Crippen LogP contribution in [0.3, 0.4) is 0 Å². The van der Waals surface area contributed by atoms with Crippen molar-refractivity contribution in [3.8, 4) is 0 Å². The fourth-order valence-corrected chi connectivity index (χ4v) is 2.81. The normalized spacial score (nSPS) is 19.9. The number of aliphatic hydroxyl groups is 1. The predicted octanol–water partition coefficient (Wildman–Crippen LogP) is 2.65. The van der Waals surface area contributed by atoms with Crippen molar-refractivity contribution in [3.05, 3.63) is 23.7 Å². The quantitative estimate of drug-likeness (QED) is 0.879. The molecule has 0 radical (unpaired) electrons. The number of aryl methyl sites for hydroxylation is 1. The smallest absolute Gasteiger partial charge is 0.287 e. The topological polar surface area (TPSA) is 62.5 Å². The molecule has 1 aromatic heterocycles. The zero-order valence-electron chi connectivity index (χ0n) is 11.7. The fourth-order valence-electron chi connectivity index (χ4n) is 2.81. The van der Waals surface area contributed by atoms with Gasteiger partial charge in [0, 0.05) is 12.1 Å². The molecule has 1 atom stereocenters. The van der Waals surface area contributed by atoms with E-state index in [1.165, 1.54) is 25.5 Å². The standard InChI is InChI=1S/C15H23NO3/c1-11-8-9-19-13(11)14(17)16-10-15(2,18)12-6-4-3-5-7-12/h8-9,12,18H,3-7,10H2,1-2H3,(H,16,17). The van der Waals surface area contributed by atoms with Crippen molar-refractivity contribution in [1.29, 1.82) is 0 Å². The molecular weight excluding hydrogens is 242 g/mol. The second-order valence-electron chi connectivity index (χ2n) is 5.81. The van der Waals surface area contributed by atoms with Crippen molar-refractivity contribution in [2.24, 2.45) is 5.92 Å². The fraction of sp³-hybridized carbons (Fsp3) is 0.667. The SMILES string of the molecule is Cc1ccoc1C(=O)NCC(C)(O)C1CCCCC1. The Bertz CT molecular complexity index is 430. The van der Waals surface area contributed by atoms with Crippen LogP contribution in [-0.2, 0) is 0 Å². The average Bonchev–Trinajstić information content (AvgIpc) is 2.83. The number of carbonyl (C=O) groups excluding carboxylic acids is 1. The van der Waals surface area contributed by atoms with Crippen molar-refractivity contribution in [2.45, 2.75) is 51.6 Å². The lowest BCUT2D eigenvalue weighted by Gasteiger charge is -2.35. The highest BCUT2D eigenvalue weighted by molar-refractivity contribution is 5.92. The van der Waals surface area contributed by atoms with Crippen LogP contribution in [0.15, 0.2) is 16.7 Å². The molecule has 4 heteroatoms. The summed E-state index contributed by atoms with van der Waals surface area (Å²) in [5.74, 6) is 0.359. The summed E-state index contributed by atoms with van der Waals surface area (Å²) in [5.41, 5.74) is -0.0221. The molecule has 0 bridgehead atoms. The van der Waals surface area contributed by atoms with Gasteiger partial charge in [-0.1, -0.05) is 19.3 Å². The number of furan rings is 1. The zero-order chi connectivity index (χ0) is 13.9. The largest absolute Gasteiger partial charge is 0.459 e. The predicted molar refractivity (Wildman–Crippen MR) is 73.0 cm³/mol. The van der Waals surface area contributed by atoms with Gasteiger partial charge in [0.25, 0.3) is 5.91 Å². The summed E-state index contributed by atoms with van der Waals surface area (Å²) in [6.45, 7) is 3.92. The molecule has 2 N–H and O–H groups in total. The van der Waals surface area contributed by atoms with Gasteiger partial charge in [-0.2, -0.15) is 0 Å². The zero-order valence-corrected chi connectivity index (χ0v) is 11.7. The van der Waals surface area contributed by atoms with Gasteiger partial charge < -0.3 is 14.8 Å². The lowest BCUT2D eigenvalue weighted by molar-refractivity contribution is -0.0145. The third kappa shape index (κ3) is 3.38. The highest BCUT2D eigenvalue weighted by Gasteiger charge is 2.33. The van der Waals surface area contributed by atoms with Crippen LogP contribution < -0.4 is 5.32 Å². The third-order valence-electron chi connectivity index (χ3n) is 4.16. The van der Waals surface area contributed by atoms with Crippen LogP contribution in [0.4, 0.5) is 0 Å². The Hall–Kier alpha value is -1.29. The van der Waals surface area contributed by atoms with Crippen LogP contribution in [0, 0.1) is 12.8 Å². The molecule has 0 spiro atoms. The molecule has 19 heavy (non-hydrogen) atoms. The molecule has 1 heterocycles. The van der Waals surface area contributed by atoms with E-state index in [0.29, 0.717) is 5.76 Å². The number of rotatable bonds is 4. The summed E-state index contributed by atoms with van der Waals surface area (Å²) < 4.78 is 5.14.